The highest BCUT2D eigenvalue weighted by atomic mass is 35.5. The van der Waals surface area contributed by atoms with Crippen molar-refractivity contribution in [1.82, 2.24) is 57.2 Å². The third-order valence-electron chi connectivity index (χ3n) is 15.2. The van der Waals surface area contributed by atoms with Crippen LogP contribution < -0.4 is 42.5 Å². The van der Waals surface area contributed by atoms with Crippen LogP contribution in [-0.4, -0.2) is 158 Å². The maximum atomic E-state index is 14.6. The van der Waals surface area contributed by atoms with Gasteiger partial charge in [-0.1, -0.05) is 90.1 Å². The van der Waals surface area contributed by atoms with Crippen LogP contribution >= 0.6 is 12.4 Å². The van der Waals surface area contributed by atoms with E-state index in [9.17, 15) is 38.4 Å². The number of nitrogens with one attached hydrogen (secondary N) is 8. The van der Waals surface area contributed by atoms with Crippen molar-refractivity contribution in [1.29, 1.82) is 0 Å². The monoisotopic (exact) mass is 1060 g/mol. The summed E-state index contributed by atoms with van der Waals surface area (Å²) in [4.78, 5) is 116. The van der Waals surface area contributed by atoms with Gasteiger partial charge in [0.05, 0.1) is 37.3 Å². The molecule has 0 aromatic heterocycles. The highest BCUT2D eigenvalue weighted by molar-refractivity contribution is 5.96. The molecule has 0 bridgehead atoms. The van der Waals surface area contributed by atoms with Crippen molar-refractivity contribution < 1.29 is 38.4 Å². The minimum atomic E-state index is -0.979. The first-order valence-corrected chi connectivity index (χ1v) is 26.5. The maximum Gasteiger partial charge on any atom is 0.246 e. The van der Waals surface area contributed by atoms with Gasteiger partial charge in [-0.25, -0.2) is 0 Å². The lowest BCUT2D eigenvalue weighted by atomic mass is 9.85. The van der Waals surface area contributed by atoms with Gasteiger partial charge in [0.15, 0.2) is 0 Å². The highest BCUT2D eigenvalue weighted by Crippen LogP contribution is 2.33. The van der Waals surface area contributed by atoms with E-state index < -0.39 is 82.8 Å². The highest BCUT2D eigenvalue weighted by Gasteiger charge is 2.48. The molecule has 0 radical (unpaired) electrons. The molecule has 2 saturated heterocycles. The lowest BCUT2D eigenvalue weighted by Gasteiger charge is -2.36. The Kier molecular flexibility index (Phi) is 20.8. The molecular formula is C55H84ClN11O8. The zero-order valence-corrected chi connectivity index (χ0v) is 46.7. The number of nitrogens with zero attached hydrogens (tertiary/aromatic N) is 3. The Hall–Kier alpha value is -5.63. The average Bonchev–Trinajstić information content (AvgIpc) is 3.97. The molecular weight excluding hydrogens is 978 g/mol. The van der Waals surface area contributed by atoms with Crippen LogP contribution in [0.25, 0.3) is 0 Å². The standard InChI is InChI=1S/C55H83N11O8.ClH/c1-32(56-9)48(69)62-46(54(3,4)5)52(73)65-28-36(26-42(65)50(71)60-40-24-16-20-34-18-12-14-22-38(34)40)58-44(67)30-64(11)31-45(68)59-37-27-43(51(72)61-41-25-17-21-35-19-13-15-23-39(35)41)66(29-37)53(74)47(55(6,7)8)63-49(70)33(2)57-10;/h12-15,18-19,22-23,32-33,36-37,40-43,46-47,56-57H,16-17,20-21,24-31H2,1-11H3,(H,58,67)(H,59,68)(H,60,71)(H,61,72)(H,62,69)(H,63,70);1H/t32-,33-,36-,37-,40+,41+,42-,43-,46+,47+;/m0./s1. The van der Waals surface area contributed by atoms with Crippen LogP contribution in [0.15, 0.2) is 48.5 Å². The first-order valence-electron chi connectivity index (χ1n) is 26.5. The van der Waals surface area contributed by atoms with E-state index in [1.165, 1.54) is 25.8 Å². The van der Waals surface area contributed by atoms with Crippen LogP contribution in [0.5, 0.6) is 0 Å². The second-order valence-corrected chi connectivity index (χ2v) is 23.1. The Bertz CT molecular complexity index is 2230. The van der Waals surface area contributed by atoms with Crippen molar-refractivity contribution in [3.63, 3.8) is 0 Å². The number of aryl methyl sites for hydroxylation is 2. The number of rotatable bonds is 18. The molecule has 2 aliphatic heterocycles. The number of carbonyl (C=O) groups excluding carboxylic acids is 8. The molecule has 20 heteroatoms. The number of halogens is 1. The first kappa shape index (κ1) is 60.2. The Balaban J connectivity index is 0.0000104. The Morgan fingerprint density at radius 2 is 0.947 bits per heavy atom. The van der Waals surface area contributed by atoms with Gasteiger partial charge in [0.1, 0.15) is 24.2 Å². The summed E-state index contributed by atoms with van der Waals surface area (Å²) in [7, 11) is 4.93. The molecule has 6 rings (SSSR count). The fraction of sp³-hybridized carbons (Fsp3) is 0.636. The molecule has 414 valence electrons. The first-order chi connectivity index (χ1) is 34.9. The number of likely N-dealkylation sites (N-methyl/N-ethyl adjacent to an activating group) is 3. The number of benzene rings is 2. The van der Waals surface area contributed by atoms with Crippen molar-refractivity contribution in [2.45, 2.75) is 167 Å². The maximum absolute atomic E-state index is 14.6. The van der Waals surface area contributed by atoms with Crippen LogP contribution in [0.4, 0.5) is 0 Å². The van der Waals surface area contributed by atoms with Crippen molar-refractivity contribution in [2.24, 2.45) is 10.8 Å². The van der Waals surface area contributed by atoms with E-state index in [1.54, 1.807) is 35.0 Å². The van der Waals surface area contributed by atoms with Crippen LogP contribution in [0, 0.1) is 10.8 Å². The van der Waals surface area contributed by atoms with Gasteiger partial charge in [0, 0.05) is 25.2 Å². The van der Waals surface area contributed by atoms with E-state index in [0.29, 0.717) is 0 Å². The fourth-order valence-corrected chi connectivity index (χ4v) is 10.7. The van der Waals surface area contributed by atoms with Gasteiger partial charge in [-0.05, 0) is 119 Å². The molecule has 8 amide bonds. The fourth-order valence-electron chi connectivity index (χ4n) is 10.7. The Labute approximate surface area is 449 Å². The summed E-state index contributed by atoms with van der Waals surface area (Å²) in [5, 5.41) is 24.1. The normalized spacial score (nSPS) is 23.0. The quantitative estimate of drug-likeness (QED) is 0.108. The summed E-state index contributed by atoms with van der Waals surface area (Å²) in [6.07, 6.45) is 5.34. The minimum absolute atomic E-state index is 0. The number of carbonyl (C=O) groups is 8. The molecule has 2 aromatic carbocycles. The van der Waals surface area contributed by atoms with Gasteiger partial charge < -0.3 is 52.3 Å². The summed E-state index contributed by atoms with van der Waals surface area (Å²) in [5.41, 5.74) is 2.96. The van der Waals surface area contributed by atoms with Gasteiger partial charge in [-0.15, -0.1) is 12.4 Å². The number of amides is 8. The molecule has 2 heterocycles. The summed E-state index contributed by atoms with van der Waals surface area (Å²) in [6, 6.07) is 9.28. The largest absolute Gasteiger partial charge is 0.350 e. The number of likely N-dealkylation sites (tertiary alicyclic amines) is 2. The molecule has 19 nitrogen and oxygen atoms in total. The predicted molar refractivity (Wildman–Crippen MR) is 289 cm³/mol. The predicted octanol–water partition coefficient (Wildman–Crippen LogP) is 2.18. The number of fused-ring (bicyclic) bond motifs is 2. The van der Waals surface area contributed by atoms with Gasteiger partial charge in [-0.2, -0.15) is 0 Å². The summed E-state index contributed by atoms with van der Waals surface area (Å²) < 4.78 is 0. The van der Waals surface area contributed by atoms with Crippen molar-refractivity contribution in [3.8, 4) is 0 Å². The smallest absolute Gasteiger partial charge is 0.246 e. The molecule has 8 N–H and O–H groups in total. The molecule has 0 unspecified atom stereocenters. The molecule has 75 heavy (non-hydrogen) atoms. The average molecular weight is 1060 g/mol. The topological polar surface area (TPSA) is 243 Å². The van der Waals surface area contributed by atoms with Gasteiger partial charge >= 0.3 is 0 Å². The van der Waals surface area contributed by atoms with Gasteiger partial charge in [0.2, 0.25) is 47.3 Å². The second kappa shape index (κ2) is 25.9. The minimum Gasteiger partial charge on any atom is -0.350 e. The molecule has 10 atom stereocenters. The van der Waals surface area contributed by atoms with Gasteiger partial charge in [-0.3, -0.25) is 43.3 Å². The van der Waals surface area contributed by atoms with E-state index in [-0.39, 0.29) is 87.1 Å². The summed E-state index contributed by atoms with van der Waals surface area (Å²) in [6.45, 7) is 14.1. The summed E-state index contributed by atoms with van der Waals surface area (Å²) >= 11 is 0. The van der Waals surface area contributed by atoms with Crippen LogP contribution in [0.1, 0.15) is 128 Å². The van der Waals surface area contributed by atoms with E-state index >= 15 is 0 Å². The summed E-state index contributed by atoms with van der Waals surface area (Å²) in [5.74, 6) is -3.14. The molecule has 0 saturated carbocycles. The molecule has 4 aliphatic rings. The van der Waals surface area contributed by atoms with Crippen molar-refractivity contribution in [3.05, 3.63) is 70.8 Å². The lowest BCUT2D eigenvalue weighted by Crippen LogP contribution is -2.59. The van der Waals surface area contributed by atoms with Crippen molar-refractivity contribution >= 4 is 59.7 Å². The van der Waals surface area contributed by atoms with E-state index in [0.717, 1.165) is 49.7 Å². The number of hydrogen-bond donors (Lipinski definition) is 8. The van der Waals surface area contributed by atoms with Crippen LogP contribution in [0.3, 0.4) is 0 Å². The van der Waals surface area contributed by atoms with Crippen molar-refractivity contribution in [2.75, 3.05) is 47.3 Å². The second-order valence-electron chi connectivity index (χ2n) is 23.1. The lowest BCUT2D eigenvalue weighted by molar-refractivity contribution is -0.144. The van der Waals surface area contributed by atoms with E-state index in [4.69, 9.17) is 0 Å². The Morgan fingerprint density at radius 1 is 0.587 bits per heavy atom. The molecule has 2 aliphatic carbocycles. The molecule has 0 spiro atoms. The molecule has 2 aromatic rings. The Morgan fingerprint density at radius 3 is 1.29 bits per heavy atom. The third kappa shape index (κ3) is 15.3. The zero-order valence-electron chi connectivity index (χ0n) is 45.9. The van der Waals surface area contributed by atoms with E-state index in [1.807, 2.05) is 77.9 Å². The SMILES string of the molecule is CN[C@@H](C)C(=O)N[C@H](C(=O)N1C[C@@H](NC(=O)CN(C)CC(=O)N[C@H]2C[C@@H](C(=O)N[C@@H]3CCCc4ccccc43)N(C(=O)[C@@H](NC(=O)[C@H](C)NC)C(C)(C)C)C2)C[C@H]1C(=O)N[C@@H]1CCCc2ccccc21)C(C)(C)C.Cl. The van der Waals surface area contributed by atoms with Crippen LogP contribution in [-0.2, 0) is 51.2 Å². The van der Waals surface area contributed by atoms with E-state index in [2.05, 4.69) is 54.7 Å². The molecule has 2 fully saturated rings. The number of hydrogen-bond acceptors (Lipinski definition) is 11. The van der Waals surface area contributed by atoms with Gasteiger partial charge in [0.25, 0.3) is 0 Å². The zero-order chi connectivity index (χ0) is 54.2. The van der Waals surface area contributed by atoms with Crippen LogP contribution in [0.2, 0.25) is 0 Å². The third-order valence-corrected chi connectivity index (χ3v) is 15.2.